The zero-order valence-electron chi connectivity index (χ0n) is 14.6. The maximum atomic E-state index is 12.2. The summed E-state index contributed by atoms with van der Waals surface area (Å²) < 4.78 is 5.59. The summed E-state index contributed by atoms with van der Waals surface area (Å²) in [5.74, 6) is 0.162. The van der Waals surface area contributed by atoms with E-state index in [1.54, 1.807) is 31.3 Å². The van der Waals surface area contributed by atoms with Crippen molar-refractivity contribution in [3.05, 3.63) is 58.6 Å². The first-order valence-electron chi connectivity index (χ1n) is 8.55. The van der Waals surface area contributed by atoms with E-state index in [1.165, 1.54) is 22.4 Å². The van der Waals surface area contributed by atoms with E-state index in [-0.39, 0.29) is 25.0 Å². The highest BCUT2D eigenvalue weighted by Gasteiger charge is 2.15. The number of anilines is 1. The highest BCUT2D eigenvalue weighted by atomic mass is 35.5. The van der Waals surface area contributed by atoms with Crippen LogP contribution < -0.4 is 10.1 Å². The summed E-state index contributed by atoms with van der Waals surface area (Å²) in [5.41, 5.74) is 3.29. The minimum absolute atomic E-state index is 0.0466. The fourth-order valence-electron chi connectivity index (χ4n) is 2.93. The molecule has 5 nitrogen and oxygen atoms in total. The standard InChI is InChI=1S/C20H21ClN2O3/c1-23(12-19(24)22-17-8-6-16(21)7-9-17)20(25)13-26-18-10-5-14-3-2-4-15(14)11-18/h5-11H,2-4,12-13H2,1H3,(H,22,24). The van der Waals surface area contributed by atoms with Crippen LogP contribution in [0.5, 0.6) is 5.75 Å². The summed E-state index contributed by atoms with van der Waals surface area (Å²) in [6.45, 7) is -0.140. The van der Waals surface area contributed by atoms with E-state index in [2.05, 4.69) is 11.4 Å². The average Bonchev–Trinajstić information content (AvgIpc) is 3.09. The molecule has 0 aromatic heterocycles. The van der Waals surface area contributed by atoms with Gasteiger partial charge in [0.15, 0.2) is 6.61 Å². The molecule has 6 heteroatoms. The number of nitrogens with zero attached hydrogens (tertiary/aromatic N) is 1. The van der Waals surface area contributed by atoms with E-state index in [0.717, 1.165) is 12.8 Å². The third kappa shape index (κ3) is 4.76. The molecule has 0 spiro atoms. The van der Waals surface area contributed by atoms with Crippen molar-refractivity contribution in [3.8, 4) is 5.75 Å². The molecule has 3 rings (SSSR count). The van der Waals surface area contributed by atoms with Gasteiger partial charge >= 0.3 is 0 Å². The molecule has 0 aliphatic heterocycles. The lowest BCUT2D eigenvalue weighted by atomic mass is 10.1. The van der Waals surface area contributed by atoms with Gasteiger partial charge in [-0.25, -0.2) is 0 Å². The summed E-state index contributed by atoms with van der Waals surface area (Å²) in [4.78, 5) is 25.6. The van der Waals surface area contributed by atoms with Crippen molar-refractivity contribution in [2.45, 2.75) is 19.3 Å². The van der Waals surface area contributed by atoms with Gasteiger partial charge < -0.3 is 15.0 Å². The number of halogens is 1. The normalized spacial score (nSPS) is 12.4. The predicted molar refractivity (Wildman–Crippen MR) is 102 cm³/mol. The summed E-state index contributed by atoms with van der Waals surface area (Å²) in [6, 6.07) is 12.8. The van der Waals surface area contributed by atoms with Gasteiger partial charge in [-0.3, -0.25) is 9.59 Å². The molecule has 2 aromatic carbocycles. The Morgan fingerprint density at radius 2 is 1.85 bits per heavy atom. The molecule has 1 aliphatic rings. The topological polar surface area (TPSA) is 58.6 Å². The molecule has 2 amide bonds. The predicted octanol–water partition coefficient (Wildman–Crippen LogP) is 3.30. The number of carbonyl (C=O) groups excluding carboxylic acids is 2. The molecule has 26 heavy (non-hydrogen) atoms. The van der Waals surface area contributed by atoms with Crippen LogP contribution in [0.4, 0.5) is 5.69 Å². The van der Waals surface area contributed by atoms with Crippen molar-refractivity contribution in [2.24, 2.45) is 0 Å². The highest BCUT2D eigenvalue weighted by molar-refractivity contribution is 6.30. The van der Waals surface area contributed by atoms with Crippen LogP contribution in [0.1, 0.15) is 17.5 Å². The van der Waals surface area contributed by atoms with E-state index in [9.17, 15) is 9.59 Å². The molecule has 136 valence electrons. The molecule has 0 radical (unpaired) electrons. The fraction of sp³-hybridized carbons (Fsp3) is 0.300. The van der Waals surface area contributed by atoms with E-state index in [1.807, 2.05) is 12.1 Å². The van der Waals surface area contributed by atoms with Crippen LogP contribution in [0.15, 0.2) is 42.5 Å². The number of fused-ring (bicyclic) bond motifs is 1. The maximum absolute atomic E-state index is 12.2. The van der Waals surface area contributed by atoms with Gasteiger partial charge in [0, 0.05) is 17.8 Å². The van der Waals surface area contributed by atoms with E-state index in [0.29, 0.717) is 16.5 Å². The Morgan fingerprint density at radius 3 is 2.62 bits per heavy atom. The number of benzene rings is 2. The van der Waals surface area contributed by atoms with Crippen LogP contribution in [0, 0.1) is 0 Å². The maximum Gasteiger partial charge on any atom is 0.260 e. The van der Waals surface area contributed by atoms with Crippen LogP contribution in [-0.4, -0.2) is 36.9 Å². The SMILES string of the molecule is CN(CC(=O)Nc1ccc(Cl)cc1)C(=O)COc1ccc2c(c1)CCC2. The average molecular weight is 373 g/mol. The summed E-state index contributed by atoms with van der Waals surface area (Å²) in [7, 11) is 1.58. The van der Waals surface area contributed by atoms with Crippen LogP contribution in [0.2, 0.25) is 5.02 Å². The van der Waals surface area contributed by atoms with Gasteiger partial charge in [0.1, 0.15) is 5.75 Å². The number of aryl methyl sites for hydroxylation is 2. The molecule has 0 atom stereocenters. The number of rotatable bonds is 6. The highest BCUT2D eigenvalue weighted by Crippen LogP contribution is 2.26. The minimum atomic E-state index is -0.277. The number of carbonyl (C=O) groups is 2. The van der Waals surface area contributed by atoms with Crippen molar-refractivity contribution in [2.75, 3.05) is 25.5 Å². The number of hydrogen-bond acceptors (Lipinski definition) is 3. The fourth-order valence-corrected chi connectivity index (χ4v) is 3.06. The Bertz CT molecular complexity index is 805. The number of ether oxygens (including phenoxy) is 1. The Labute approximate surface area is 157 Å². The van der Waals surface area contributed by atoms with Gasteiger partial charge in [-0.1, -0.05) is 17.7 Å². The van der Waals surface area contributed by atoms with Crippen LogP contribution in [-0.2, 0) is 22.4 Å². The Balaban J connectivity index is 1.46. The molecule has 1 N–H and O–H groups in total. The summed E-state index contributed by atoms with van der Waals surface area (Å²) in [6.07, 6.45) is 3.34. The molecule has 0 heterocycles. The third-order valence-electron chi connectivity index (χ3n) is 4.37. The lowest BCUT2D eigenvalue weighted by Gasteiger charge is -2.17. The number of amides is 2. The molecule has 0 saturated carbocycles. The van der Waals surface area contributed by atoms with Gasteiger partial charge in [0.25, 0.3) is 5.91 Å². The quantitative estimate of drug-likeness (QED) is 0.846. The number of hydrogen-bond donors (Lipinski definition) is 1. The second kappa shape index (κ2) is 8.23. The molecule has 0 unspecified atom stereocenters. The first kappa shape index (κ1) is 18.3. The Morgan fingerprint density at radius 1 is 1.12 bits per heavy atom. The first-order valence-corrected chi connectivity index (χ1v) is 8.93. The Hall–Kier alpha value is -2.53. The minimum Gasteiger partial charge on any atom is -0.484 e. The lowest BCUT2D eigenvalue weighted by molar-refractivity contribution is -0.135. The van der Waals surface area contributed by atoms with Crippen molar-refractivity contribution in [3.63, 3.8) is 0 Å². The Kier molecular flexibility index (Phi) is 5.78. The van der Waals surface area contributed by atoms with Crippen LogP contribution in [0.25, 0.3) is 0 Å². The van der Waals surface area contributed by atoms with Crippen LogP contribution >= 0.6 is 11.6 Å². The van der Waals surface area contributed by atoms with Crippen molar-refractivity contribution in [1.82, 2.24) is 4.90 Å². The zero-order chi connectivity index (χ0) is 18.5. The second-order valence-electron chi connectivity index (χ2n) is 6.38. The second-order valence-corrected chi connectivity index (χ2v) is 6.81. The van der Waals surface area contributed by atoms with Gasteiger partial charge in [-0.2, -0.15) is 0 Å². The summed E-state index contributed by atoms with van der Waals surface area (Å²) in [5, 5.41) is 3.32. The molecular formula is C20H21ClN2O3. The van der Waals surface area contributed by atoms with E-state index in [4.69, 9.17) is 16.3 Å². The number of likely N-dealkylation sites (N-methyl/N-ethyl adjacent to an activating group) is 1. The smallest absolute Gasteiger partial charge is 0.260 e. The van der Waals surface area contributed by atoms with Crippen molar-refractivity contribution < 1.29 is 14.3 Å². The van der Waals surface area contributed by atoms with Gasteiger partial charge in [-0.15, -0.1) is 0 Å². The molecule has 0 saturated heterocycles. The molecule has 2 aromatic rings. The molecular weight excluding hydrogens is 352 g/mol. The zero-order valence-corrected chi connectivity index (χ0v) is 15.4. The van der Waals surface area contributed by atoms with Gasteiger partial charge in [0.05, 0.1) is 6.54 Å². The first-order chi connectivity index (χ1) is 12.5. The lowest BCUT2D eigenvalue weighted by Crippen LogP contribution is -2.37. The van der Waals surface area contributed by atoms with Gasteiger partial charge in [-0.05, 0) is 66.8 Å². The number of nitrogens with one attached hydrogen (secondary N) is 1. The van der Waals surface area contributed by atoms with Gasteiger partial charge in [0.2, 0.25) is 5.91 Å². The molecule has 1 aliphatic carbocycles. The van der Waals surface area contributed by atoms with Crippen molar-refractivity contribution in [1.29, 1.82) is 0 Å². The van der Waals surface area contributed by atoms with Crippen molar-refractivity contribution >= 4 is 29.1 Å². The van der Waals surface area contributed by atoms with E-state index >= 15 is 0 Å². The monoisotopic (exact) mass is 372 g/mol. The molecule has 0 bridgehead atoms. The molecule has 0 fully saturated rings. The largest absolute Gasteiger partial charge is 0.484 e. The van der Waals surface area contributed by atoms with Crippen LogP contribution in [0.3, 0.4) is 0 Å². The third-order valence-corrected chi connectivity index (χ3v) is 4.62. The summed E-state index contributed by atoms with van der Waals surface area (Å²) >= 11 is 5.81. The van der Waals surface area contributed by atoms with E-state index < -0.39 is 0 Å².